The zero-order chi connectivity index (χ0) is 19.6. The van der Waals surface area contributed by atoms with Gasteiger partial charge in [0.15, 0.2) is 5.11 Å². The number of ether oxygens (including phenoxy) is 1. The Kier molecular flexibility index (Phi) is 7.95. The molecule has 0 fully saturated rings. The number of nitrogens with one attached hydrogen (secondary N) is 2. The fourth-order valence-electron chi connectivity index (χ4n) is 2.56. The summed E-state index contributed by atoms with van der Waals surface area (Å²) in [6.07, 6.45) is 0.702. The van der Waals surface area contributed by atoms with E-state index in [4.69, 9.17) is 17.0 Å². The van der Waals surface area contributed by atoms with Crippen LogP contribution in [0.1, 0.15) is 29.5 Å². The largest absolute Gasteiger partial charge is 0.465 e. The quantitative estimate of drug-likeness (QED) is 0.563. The number of para-hydroxylation sites is 1. The average molecular weight is 385 g/mol. The summed E-state index contributed by atoms with van der Waals surface area (Å²) in [7, 11) is 0. The van der Waals surface area contributed by atoms with E-state index in [-0.39, 0.29) is 23.9 Å². The second-order valence-electron chi connectivity index (χ2n) is 6.23. The van der Waals surface area contributed by atoms with Crippen molar-refractivity contribution in [3.63, 3.8) is 0 Å². The van der Waals surface area contributed by atoms with Gasteiger partial charge >= 0.3 is 5.97 Å². The van der Waals surface area contributed by atoms with Crippen molar-refractivity contribution < 1.29 is 14.3 Å². The maximum absolute atomic E-state index is 12.0. The van der Waals surface area contributed by atoms with Crippen molar-refractivity contribution in [2.24, 2.45) is 0 Å². The Labute approximate surface area is 165 Å². The highest BCUT2D eigenvalue weighted by Gasteiger charge is 2.11. The van der Waals surface area contributed by atoms with Crippen LogP contribution in [0.15, 0.2) is 48.5 Å². The molecule has 0 aromatic heterocycles. The van der Waals surface area contributed by atoms with Gasteiger partial charge < -0.3 is 15.4 Å². The summed E-state index contributed by atoms with van der Waals surface area (Å²) in [5.74, 6) is -0.714. The molecule has 0 heterocycles. The normalized spacial score (nSPS) is 10.1. The molecule has 6 heteroatoms. The molecule has 2 rings (SSSR count). The van der Waals surface area contributed by atoms with Crippen molar-refractivity contribution in [1.82, 2.24) is 5.32 Å². The lowest BCUT2D eigenvalue weighted by Gasteiger charge is -2.14. The van der Waals surface area contributed by atoms with Crippen molar-refractivity contribution in [2.75, 3.05) is 11.9 Å². The van der Waals surface area contributed by atoms with Crippen LogP contribution in [-0.2, 0) is 20.7 Å². The molecule has 0 saturated heterocycles. The SMILES string of the molecule is Cc1cccc(C)c1NC(=S)NC(=O)CCC(=O)OCCc1ccccc1. The van der Waals surface area contributed by atoms with Gasteiger partial charge in [-0.25, -0.2) is 0 Å². The Morgan fingerprint density at radius 1 is 0.963 bits per heavy atom. The van der Waals surface area contributed by atoms with Gasteiger partial charge in [0.25, 0.3) is 0 Å². The number of anilines is 1. The van der Waals surface area contributed by atoms with E-state index >= 15 is 0 Å². The average Bonchev–Trinajstić information content (AvgIpc) is 2.64. The van der Waals surface area contributed by atoms with E-state index < -0.39 is 5.97 Å². The molecular weight excluding hydrogens is 360 g/mol. The van der Waals surface area contributed by atoms with Crippen LogP contribution in [0.2, 0.25) is 0 Å². The first-order valence-electron chi connectivity index (χ1n) is 8.82. The molecule has 0 aliphatic rings. The van der Waals surface area contributed by atoms with Crippen molar-refractivity contribution >= 4 is 34.9 Å². The summed E-state index contributed by atoms with van der Waals surface area (Å²) >= 11 is 5.18. The molecule has 0 aliphatic carbocycles. The number of carbonyl (C=O) groups is 2. The molecule has 0 unspecified atom stereocenters. The highest BCUT2D eigenvalue weighted by atomic mass is 32.1. The topological polar surface area (TPSA) is 67.4 Å². The van der Waals surface area contributed by atoms with E-state index in [0.29, 0.717) is 13.0 Å². The molecule has 0 saturated carbocycles. The fraction of sp³-hybridized carbons (Fsp3) is 0.286. The van der Waals surface area contributed by atoms with E-state index in [9.17, 15) is 9.59 Å². The van der Waals surface area contributed by atoms with Gasteiger partial charge in [-0.3, -0.25) is 9.59 Å². The van der Waals surface area contributed by atoms with Crippen LogP contribution in [0.3, 0.4) is 0 Å². The summed E-state index contributed by atoms with van der Waals surface area (Å²) in [6, 6.07) is 15.7. The number of hydrogen-bond donors (Lipinski definition) is 2. The van der Waals surface area contributed by atoms with E-state index in [0.717, 1.165) is 22.4 Å². The summed E-state index contributed by atoms with van der Waals surface area (Å²) in [6.45, 7) is 4.23. The highest BCUT2D eigenvalue weighted by Crippen LogP contribution is 2.19. The third-order valence-corrected chi connectivity index (χ3v) is 4.23. The third-order valence-electron chi connectivity index (χ3n) is 4.03. The number of amides is 1. The van der Waals surface area contributed by atoms with Crippen LogP contribution in [0, 0.1) is 13.8 Å². The Hall–Kier alpha value is -2.73. The van der Waals surface area contributed by atoms with E-state index in [1.54, 1.807) is 0 Å². The molecule has 0 aliphatic heterocycles. The molecule has 0 bridgehead atoms. The number of esters is 1. The van der Waals surface area contributed by atoms with Crippen molar-refractivity contribution in [1.29, 1.82) is 0 Å². The van der Waals surface area contributed by atoms with E-state index in [1.165, 1.54) is 0 Å². The zero-order valence-electron chi connectivity index (χ0n) is 15.6. The Balaban J connectivity index is 1.67. The van der Waals surface area contributed by atoms with Crippen molar-refractivity contribution in [3.05, 3.63) is 65.2 Å². The number of rotatable bonds is 7. The maximum atomic E-state index is 12.0. The molecule has 0 radical (unpaired) electrons. The molecule has 2 aromatic carbocycles. The number of aryl methyl sites for hydroxylation is 2. The second-order valence-corrected chi connectivity index (χ2v) is 6.63. The molecule has 0 spiro atoms. The van der Waals surface area contributed by atoms with Gasteiger partial charge in [-0.15, -0.1) is 0 Å². The van der Waals surface area contributed by atoms with Crippen molar-refractivity contribution in [2.45, 2.75) is 33.1 Å². The predicted octanol–water partition coefficient (Wildman–Crippen LogP) is 3.68. The third kappa shape index (κ3) is 7.19. The first-order chi connectivity index (χ1) is 13.0. The van der Waals surface area contributed by atoms with Crippen LogP contribution >= 0.6 is 12.2 Å². The standard InChI is InChI=1S/C21H24N2O3S/c1-15-7-6-8-16(2)20(15)23-21(27)22-18(24)11-12-19(25)26-14-13-17-9-4-3-5-10-17/h3-10H,11-14H2,1-2H3,(H2,22,23,24,27). The minimum Gasteiger partial charge on any atom is -0.465 e. The summed E-state index contributed by atoms with van der Waals surface area (Å²) in [5, 5.41) is 5.84. The Morgan fingerprint density at radius 3 is 2.30 bits per heavy atom. The zero-order valence-corrected chi connectivity index (χ0v) is 16.4. The molecule has 1 amide bonds. The second kappa shape index (κ2) is 10.4. The monoisotopic (exact) mass is 384 g/mol. The number of hydrogen-bond acceptors (Lipinski definition) is 4. The lowest BCUT2D eigenvalue weighted by molar-refractivity contribution is -0.144. The van der Waals surface area contributed by atoms with Gasteiger partial charge in [0, 0.05) is 18.5 Å². The highest BCUT2D eigenvalue weighted by molar-refractivity contribution is 7.80. The number of thiocarbonyl (C=S) groups is 1. The minimum absolute atomic E-state index is 0.0205. The van der Waals surface area contributed by atoms with Gasteiger partial charge in [-0.2, -0.15) is 0 Å². The van der Waals surface area contributed by atoms with Gasteiger partial charge in [-0.05, 0) is 42.8 Å². The van der Waals surface area contributed by atoms with E-state index in [1.807, 2.05) is 62.4 Å². The summed E-state index contributed by atoms with van der Waals surface area (Å²) < 4.78 is 5.16. The predicted molar refractivity (Wildman–Crippen MR) is 111 cm³/mol. The van der Waals surface area contributed by atoms with Gasteiger partial charge in [0.1, 0.15) is 0 Å². The Morgan fingerprint density at radius 2 is 1.63 bits per heavy atom. The van der Waals surface area contributed by atoms with Gasteiger partial charge in [-0.1, -0.05) is 48.5 Å². The first-order valence-corrected chi connectivity index (χ1v) is 9.23. The molecule has 142 valence electrons. The number of carbonyl (C=O) groups excluding carboxylic acids is 2. The van der Waals surface area contributed by atoms with Crippen LogP contribution in [0.5, 0.6) is 0 Å². The summed E-state index contributed by atoms with van der Waals surface area (Å²) in [5.41, 5.74) is 4.05. The fourth-order valence-corrected chi connectivity index (χ4v) is 2.78. The molecule has 2 aromatic rings. The molecular formula is C21H24N2O3S. The van der Waals surface area contributed by atoms with Crippen LogP contribution in [0.25, 0.3) is 0 Å². The smallest absolute Gasteiger partial charge is 0.306 e. The summed E-state index contributed by atoms with van der Waals surface area (Å²) in [4.78, 5) is 23.7. The molecule has 2 N–H and O–H groups in total. The molecule has 5 nitrogen and oxygen atoms in total. The van der Waals surface area contributed by atoms with Crippen molar-refractivity contribution in [3.8, 4) is 0 Å². The van der Waals surface area contributed by atoms with Gasteiger partial charge in [0.05, 0.1) is 13.0 Å². The Bertz CT molecular complexity index is 786. The molecule has 27 heavy (non-hydrogen) atoms. The first kappa shape index (κ1) is 20.6. The lowest BCUT2D eigenvalue weighted by Crippen LogP contribution is -2.34. The molecule has 0 atom stereocenters. The van der Waals surface area contributed by atoms with Gasteiger partial charge in [0.2, 0.25) is 5.91 Å². The van der Waals surface area contributed by atoms with Crippen LogP contribution in [-0.4, -0.2) is 23.6 Å². The van der Waals surface area contributed by atoms with E-state index in [2.05, 4.69) is 10.6 Å². The minimum atomic E-state index is -0.394. The maximum Gasteiger partial charge on any atom is 0.306 e. The van der Waals surface area contributed by atoms with Crippen LogP contribution in [0.4, 0.5) is 5.69 Å². The lowest BCUT2D eigenvalue weighted by atomic mass is 10.1. The number of benzene rings is 2. The van der Waals surface area contributed by atoms with Crippen LogP contribution < -0.4 is 10.6 Å².